The second-order valence-electron chi connectivity index (χ2n) is 6.20. The quantitative estimate of drug-likeness (QED) is 0.442. The number of amides is 3. The number of hydrogen-bond acceptors (Lipinski definition) is 3. The summed E-state index contributed by atoms with van der Waals surface area (Å²) in [5.41, 5.74) is -0.548. The van der Waals surface area contributed by atoms with Gasteiger partial charge in [-0.05, 0) is 17.7 Å². The van der Waals surface area contributed by atoms with Crippen LogP contribution in [0.15, 0.2) is 91.0 Å². The Bertz CT molecular complexity index is 1000. The number of para-hydroxylation sites is 1. The van der Waals surface area contributed by atoms with Crippen molar-refractivity contribution in [1.82, 2.24) is 5.32 Å². The molecule has 0 aromatic heterocycles. The fourth-order valence-corrected chi connectivity index (χ4v) is 3.46. The van der Waals surface area contributed by atoms with Gasteiger partial charge in [0.05, 0.1) is 0 Å². The van der Waals surface area contributed by atoms with Crippen LogP contribution in [-0.2, 0) is 10.3 Å². The summed E-state index contributed by atoms with van der Waals surface area (Å²) in [7, 11) is 0. The van der Waals surface area contributed by atoms with Crippen LogP contribution in [0.2, 0.25) is 0 Å². The van der Waals surface area contributed by atoms with Crippen LogP contribution in [0.4, 0.5) is 10.5 Å². The molecule has 1 saturated heterocycles. The Morgan fingerprint density at radius 1 is 0.741 bits per heavy atom. The molecule has 132 valence electrons. The molecular weight excluding hydrogens is 340 g/mol. The lowest BCUT2D eigenvalue weighted by atomic mass is 9.81. The Kier molecular flexibility index (Phi) is 4.05. The Morgan fingerprint density at radius 2 is 1.26 bits per heavy atom. The lowest BCUT2D eigenvalue weighted by Gasteiger charge is -2.34. The van der Waals surface area contributed by atoms with E-state index in [0.717, 1.165) is 0 Å². The molecule has 0 radical (unpaired) electrons. The normalized spacial score (nSPS) is 19.0. The summed E-state index contributed by atoms with van der Waals surface area (Å²) < 4.78 is 0. The number of urea groups is 1. The lowest BCUT2D eigenvalue weighted by molar-refractivity contribution is -0.122. The Hall–Kier alpha value is -3.73. The molecular formula is C22H16N2O3. The molecule has 27 heavy (non-hydrogen) atoms. The van der Waals surface area contributed by atoms with Crippen molar-refractivity contribution < 1.29 is 14.4 Å². The average Bonchev–Trinajstić information content (AvgIpc) is 3.00. The van der Waals surface area contributed by atoms with E-state index >= 15 is 0 Å². The van der Waals surface area contributed by atoms with E-state index in [2.05, 4.69) is 5.32 Å². The summed E-state index contributed by atoms with van der Waals surface area (Å²) in [6.45, 7) is 0. The summed E-state index contributed by atoms with van der Waals surface area (Å²) in [4.78, 5) is 40.8. The molecule has 5 nitrogen and oxygen atoms in total. The van der Waals surface area contributed by atoms with Crippen molar-refractivity contribution in [3.63, 3.8) is 0 Å². The Morgan fingerprint density at radius 3 is 1.85 bits per heavy atom. The molecule has 0 spiro atoms. The van der Waals surface area contributed by atoms with E-state index < -0.39 is 23.3 Å². The monoisotopic (exact) mass is 356 g/mol. The van der Waals surface area contributed by atoms with Gasteiger partial charge in [0.25, 0.3) is 5.91 Å². The second-order valence-corrected chi connectivity index (χ2v) is 6.20. The van der Waals surface area contributed by atoms with Gasteiger partial charge in [-0.3, -0.25) is 19.8 Å². The molecule has 1 fully saturated rings. The van der Waals surface area contributed by atoms with E-state index in [9.17, 15) is 14.4 Å². The number of nitrogens with zero attached hydrogens (tertiary/aromatic N) is 1. The predicted octanol–water partition coefficient (Wildman–Crippen LogP) is 3.52. The van der Waals surface area contributed by atoms with E-state index in [4.69, 9.17) is 0 Å². The Balaban J connectivity index is 2.01. The number of ketones is 1. The van der Waals surface area contributed by atoms with Gasteiger partial charge in [0.2, 0.25) is 11.3 Å². The number of Topliss-reactive ketones (excluding diaryl/α,β-unsaturated/α-hetero) is 1. The predicted molar refractivity (Wildman–Crippen MR) is 101 cm³/mol. The first-order chi connectivity index (χ1) is 13.2. The molecule has 1 unspecified atom stereocenters. The van der Waals surface area contributed by atoms with Crippen molar-refractivity contribution in [2.75, 3.05) is 4.90 Å². The summed E-state index contributed by atoms with van der Waals surface area (Å²) in [5.74, 6) is -1.11. The molecule has 1 heterocycles. The molecule has 3 amide bonds. The number of hydrogen-bond donors (Lipinski definition) is 1. The number of imide groups is 1. The maximum absolute atomic E-state index is 13.7. The van der Waals surface area contributed by atoms with Gasteiger partial charge in [0.15, 0.2) is 0 Å². The minimum absolute atomic E-state index is 0.354. The van der Waals surface area contributed by atoms with Gasteiger partial charge in [-0.2, -0.15) is 0 Å². The van der Waals surface area contributed by atoms with Gasteiger partial charge in [-0.25, -0.2) is 4.79 Å². The van der Waals surface area contributed by atoms with Crippen LogP contribution in [0.3, 0.4) is 0 Å². The molecule has 0 saturated carbocycles. The first kappa shape index (κ1) is 16.7. The number of anilines is 1. The van der Waals surface area contributed by atoms with E-state index in [1.54, 1.807) is 84.9 Å². The van der Waals surface area contributed by atoms with Gasteiger partial charge in [-0.1, -0.05) is 78.9 Å². The van der Waals surface area contributed by atoms with Crippen molar-refractivity contribution in [2.24, 2.45) is 0 Å². The molecule has 3 aromatic rings. The molecule has 4 rings (SSSR count). The van der Waals surface area contributed by atoms with E-state index in [1.807, 2.05) is 6.07 Å². The van der Waals surface area contributed by atoms with Gasteiger partial charge < -0.3 is 0 Å². The summed E-state index contributed by atoms with van der Waals surface area (Å²) in [6, 6.07) is 25.3. The number of nitrogens with one attached hydrogen (secondary N) is 1. The maximum Gasteiger partial charge on any atom is 0.330 e. The molecule has 0 aliphatic carbocycles. The van der Waals surface area contributed by atoms with E-state index in [-0.39, 0.29) is 0 Å². The third-order valence-electron chi connectivity index (χ3n) is 4.66. The highest BCUT2D eigenvalue weighted by Crippen LogP contribution is 2.40. The van der Waals surface area contributed by atoms with Crippen molar-refractivity contribution in [1.29, 1.82) is 0 Å². The van der Waals surface area contributed by atoms with Crippen LogP contribution in [0, 0.1) is 0 Å². The summed E-state index contributed by atoms with van der Waals surface area (Å²) >= 11 is 0. The van der Waals surface area contributed by atoms with E-state index in [0.29, 0.717) is 16.8 Å². The third kappa shape index (κ3) is 2.52. The largest absolute Gasteiger partial charge is 0.330 e. The standard InChI is InChI=1S/C22H16N2O3/c25-19(16-10-4-1-5-11-16)22(17-12-6-2-7-13-17)20(26)23-21(27)24(22)18-14-8-3-9-15-18/h1-15H,(H,23,26,27). The van der Waals surface area contributed by atoms with Crippen LogP contribution < -0.4 is 10.2 Å². The van der Waals surface area contributed by atoms with Gasteiger partial charge in [-0.15, -0.1) is 0 Å². The van der Waals surface area contributed by atoms with Crippen LogP contribution in [0.1, 0.15) is 15.9 Å². The van der Waals surface area contributed by atoms with Gasteiger partial charge in [0, 0.05) is 11.3 Å². The smallest absolute Gasteiger partial charge is 0.290 e. The van der Waals surface area contributed by atoms with Crippen molar-refractivity contribution in [3.8, 4) is 0 Å². The molecule has 3 aromatic carbocycles. The summed E-state index contributed by atoms with van der Waals surface area (Å²) in [5, 5.41) is 2.33. The van der Waals surface area contributed by atoms with Crippen LogP contribution in [0.5, 0.6) is 0 Å². The molecule has 5 heteroatoms. The highest BCUT2D eigenvalue weighted by atomic mass is 16.2. The second kappa shape index (κ2) is 6.53. The van der Waals surface area contributed by atoms with Crippen LogP contribution in [-0.4, -0.2) is 17.7 Å². The minimum atomic E-state index is -1.80. The molecule has 1 aliphatic heterocycles. The summed E-state index contributed by atoms with van der Waals surface area (Å²) in [6.07, 6.45) is 0. The first-order valence-electron chi connectivity index (χ1n) is 8.52. The third-order valence-corrected chi connectivity index (χ3v) is 4.66. The van der Waals surface area contributed by atoms with Gasteiger partial charge >= 0.3 is 6.03 Å². The topological polar surface area (TPSA) is 66.5 Å². The number of rotatable bonds is 4. The number of carbonyl (C=O) groups excluding carboxylic acids is 3. The Labute approximate surface area is 156 Å². The fourth-order valence-electron chi connectivity index (χ4n) is 3.46. The molecule has 1 N–H and O–H groups in total. The van der Waals surface area contributed by atoms with Crippen molar-refractivity contribution >= 4 is 23.4 Å². The van der Waals surface area contributed by atoms with Crippen molar-refractivity contribution in [2.45, 2.75) is 5.54 Å². The zero-order valence-electron chi connectivity index (χ0n) is 14.3. The number of benzene rings is 3. The van der Waals surface area contributed by atoms with E-state index in [1.165, 1.54) is 4.90 Å². The minimum Gasteiger partial charge on any atom is -0.290 e. The zero-order chi connectivity index (χ0) is 18.9. The lowest BCUT2D eigenvalue weighted by Crippen LogP contribution is -2.53. The van der Waals surface area contributed by atoms with Crippen molar-refractivity contribution in [3.05, 3.63) is 102 Å². The average molecular weight is 356 g/mol. The van der Waals surface area contributed by atoms with Crippen LogP contribution >= 0.6 is 0 Å². The SMILES string of the molecule is O=C1NC(=O)C(C(=O)c2ccccc2)(c2ccccc2)N1c1ccccc1. The highest BCUT2D eigenvalue weighted by Gasteiger charge is 2.60. The van der Waals surface area contributed by atoms with Gasteiger partial charge in [0.1, 0.15) is 0 Å². The maximum atomic E-state index is 13.7. The molecule has 0 bridgehead atoms. The zero-order valence-corrected chi connectivity index (χ0v) is 14.3. The molecule has 1 atom stereocenters. The molecule has 1 aliphatic rings. The number of carbonyl (C=O) groups is 3. The fraction of sp³-hybridized carbons (Fsp3) is 0.0455. The first-order valence-corrected chi connectivity index (χ1v) is 8.52. The van der Waals surface area contributed by atoms with Crippen LogP contribution in [0.25, 0.3) is 0 Å². The highest BCUT2D eigenvalue weighted by molar-refractivity contribution is 6.31.